The Morgan fingerprint density at radius 2 is 2.20 bits per heavy atom. The predicted molar refractivity (Wildman–Crippen MR) is 60.3 cm³/mol. The van der Waals surface area contributed by atoms with Gasteiger partial charge in [0.15, 0.2) is 0 Å². The second-order valence-corrected chi connectivity index (χ2v) is 3.96. The molecule has 0 saturated heterocycles. The van der Waals surface area contributed by atoms with E-state index in [0.717, 1.165) is 13.0 Å². The third kappa shape index (κ3) is 3.95. The molecule has 0 fully saturated rings. The summed E-state index contributed by atoms with van der Waals surface area (Å²) < 4.78 is 0. The number of nitrogens with two attached hydrogens (primary N) is 1. The van der Waals surface area contributed by atoms with Crippen molar-refractivity contribution >= 4 is 0 Å². The Kier molecular flexibility index (Phi) is 4.68. The highest BCUT2D eigenvalue weighted by Crippen LogP contribution is 2.14. The third-order valence-corrected chi connectivity index (χ3v) is 2.31. The summed E-state index contributed by atoms with van der Waals surface area (Å²) in [6, 6.07) is 5.20. The molecule has 0 aromatic carbocycles. The van der Waals surface area contributed by atoms with Gasteiger partial charge in [-0.2, -0.15) is 0 Å². The van der Waals surface area contributed by atoms with E-state index in [-0.39, 0.29) is 6.04 Å². The van der Waals surface area contributed by atoms with E-state index in [4.69, 9.17) is 5.73 Å². The third-order valence-electron chi connectivity index (χ3n) is 2.31. The summed E-state index contributed by atoms with van der Waals surface area (Å²) in [6.45, 7) is 0.866. The van der Waals surface area contributed by atoms with Crippen molar-refractivity contribution in [2.45, 2.75) is 18.6 Å². The topological polar surface area (TPSA) is 62.4 Å². The minimum absolute atomic E-state index is 0.262. The molecule has 1 aromatic rings. The lowest BCUT2D eigenvalue weighted by molar-refractivity contribution is 0.133. The second kappa shape index (κ2) is 5.80. The van der Waals surface area contributed by atoms with Crippen LogP contribution in [0, 0.1) is 0 Å². The molecule has 0 amide bonds. The number of rotatable bonds is 5. The molecule has 0 bridgehead atoms. The van der Waals surface area contributed by atoms with E-state index in [9.17, 15) is 5.11 Å². The van der Waals surface area contributed by atoms with Crippen LogP contribution in [-0.4, -0.2) is 41.7 Å². The molecule has 1 heterocycles. The molecule has 0 aliphatic heterocycles. The maximum Gasteiger partial charge on any atom is 0.111 e. The highest BCUT2D eigenvalue weighted by molar-refractivity contribution is 5.08. The fourth-order valence-electron chi connectivity index (χ4n) is 1.34. The molecule has 84 valence electrons. The number of aliphatic hydroxyl groups is 1. The number of pyridine rings is 1. The van der Waals surface area contributed by atoms with Gasteiger partial charge in [-0.3, -0.25) is 4.98 Å². The minimum Gasteiger partial charge on any atom is -0.385 e. The monoisotopic (exact) mass is 209 g/mol. The Labute approximate surface area is 90.7 Å². The highest BCUT2D eigenvalue weighted by Gasteiger charge is 2.17. The van der Waals surface area contributed by atoms with Gasteiger partial charge in [0.2, 0.25) is 0 Å². The molecule has 4 nitrogen and oxygen atoms in total. The van der Waals surface area contributed by atoms with Crippen molar-refractivity contribution in [2.75, 3.05) is 20.6 Å². The van der Waals surface area contributed by atoms with Crippen molar-refractivity contribution in [3.05, 3.63) is 30.1 Å². The van der Waals surface area contributed by atoms with Crippen LogP contribution >= 0.6 is 0 Å². The normalized spacial score (nSPS) is 15.3. The molecule has 2 atom stereocenters. The first kappa shape index (κ1) is 12.1. The quantitative estimate of drug-likeness (QED) is 0.736. The molecule has 1 rings (SSSR count). The molecular weight excluding hydrogens is 190 g/mol. The van der Waals surface area contributed by atoms with Gasteiger partial charge in [-0.25, -0.2) is 0 Å². The molecule has 15 heavy (non-hydrogen) atoms. The standard InChI is InChI=1S/C11H19N3O/c1-14(2)8-6-9(12)11(15)10-5-3-4-7-13-10/h3-5,7,9,11,15H,6,8,12H2,1-2H3. The first-order chi connectivity index (χ1) is 7.11. The largest absolute Gasteiger partial charge is 0.385 e. The van der Waals surface area contributed by atoms with E-state index in [1.807, 2.05) is 31.1 Å². The summed E-state index contributed by atoms with van der Waals surface area (Å²) >= 11 is 0. The fourth-order valence-corrected chi connectivity index (χ4v) is 1.34. The molecule has 0 aliphatic carbocycles. The van der Waals surface area contributed by atoms with Gasteiger partial charge in [0, 0.05) is 12.2 Å². The maximum atomic E-state index is 9.90. The van der Waals surface area contributed by atoms with E-state index in [1.54, 1.807) is 12.3 Å². The number of aromatic nitrogens is 1. The van der Waals surface area contributed by atoms with Crippen LogP contribution in [0.1, 0.15) is 18.2 Å². The lowest BCUT2D eigenvalue weighted by atomic mass is 10.0. The summed E-state index contributed by atoms with van der Waals surface area (Å²) in [6.07, 6.45) is 1.74. The van der Waals surface area contributed by atoms with Crippen LogP contribution in [-0.2, 0) is 0 Å². The summed E-state index contributed by atoms with van der Waals surface area (Å²) in [5, 5.41) is 9.90. The fraction of sp³-hybridized carbons (Fsp3) is 0.545. The number of nitrogens with zero attached hydrogens (tertiary/aromatic N) is 2. The van der Waals surface area contributed by atoms with Gasteiger partial charge in [0.25, 0.3) is 0 Å². The van der Waals surface area contributed by atoms with Gasteiger partial charge < -0.3 is 15.7 Å². The van der Waals surface area contributed by atoms with Gasteiger partial charge in [0.05, 0.1) is 5.69 Å². The summed E-state index contributed by atoms with van der Waals surface area (Å²) in [4.78, 5) is 6.13. The molecule has 0 aliphatic rings. The lowest BCUT2D eigenvalue weighted by Gasteiger charge is -2.20. The van der Waals surface area contributed by atoms with E-state index in [2.05, 4.69) is 4.98 Å². The first-order valence-corrected chi connectivity index (χ1v) is 5.10. The number of hydrogen-bond acceptors (Lipinski definition) is 4. The molecule has 2 unspecified atom stereocenters. The SMILES string of the molecule is CN(C)CCC(N)C(O)c1ccccn1. The van der Waals surface area contributed by atoms with Gasteiger partial charge in [-0.15, -0.1) is 0 Å². The van der Waals surface area contributed by atoms with Gasteiger partial charge >= 0.3 is 0 Å². The van der Waals surface area contributed by atoms with Crippen LogP contribution < -0.4 is 5.73 Å². The highest BCUT2D eigenvalue weighted by atomic mass is 16.3. The van der Waals surface area contributed by atoms with Crippen LogP contribution in [0.3, 0.4) is 0 Å². The molecule has 3 N–H and O–H groups in total. The minimum atomic E-state index is -0.675. The van der Waals surface area contributed by atoms with E-state index in [0.29, 0.717) is 5.69 Å². The first-order valence-electron chi connectivity index (χ1n) is 5.10. The lowest BCUT2D eigenvalue weighted by Crippen LogP contribution is -2.32. The van der Waals surface area contributed by atoms with Crippen molar-refractivity contribution < 1.29 is 5.11 Å². The predicted octanol–water partition coefficient (Wildman–Crippen LogP) is 0.394. The summed E-state index contributed by atoms with van der Waals surface area (Å²) in [5.41, 5.74) is 6.52. The van der Waals surface area contributed by atoms with E-state index < -0.39 is 6.10 Å². The van der Waals surface area contributed by atoms with Crippen LogP contribution in [0.2, 0.25) is 0 Å². The summed E-state index contributed by atoms with van der Waals surface area (Å²) in [7, 11) is 3.97. The van der Waals surface area contributed by atoms with Crippen molar-refractivity contribution in [1.29, 1.82) is 0 Å². The Morgan fingerprint density at radius 1 is 1.47 bits per heavy atom. The zero-order valence-electron chi connectivity index (χ0n) is 9.30. The van der Waals surface area contributed by atoms with E-state index in [1.165, 1.54) is 0 Å². The Hall–Kier alpha value is -0.970. The zero-order valence-corrected chi connectivity index (χ0v) is 9.30. The Morgan fingerprint density at radius 3 is 2.73 bits per heavy atom. The van der Waals surface area contributed by atoms with Crippen LogP contribution in [0.15, 0.2) is 24.4 Å². The maximum absolute atomic E-state index is 9.90. The van der Waals surface area contributed by atoms with Gasteiger partial charge in [-0.05, 0) is 39.2 Å². The average Bonchev–Trinajstić information content (AvgIpc) is 2.26. The van der Waals surface area contributed by atoms with Crippen molar-refractivity contribution in [3.63, 3.8) is 0 Å². The van der Waals surface area contributed by atoms with Crippen LogP contribution in [0.5, 0.6) is 0 Å². The van der Waals surface area contributed by atoms with Gasteiger partial charge in [-0.1, -0.05) is 6.07 Å². The molecule has 0 spiro atoms. The molecule has 1 aromatic heterocycles. The van der Waals surface area contributed by atoms with Crippen LogP contribution in [0.25, 0.3) is 0 Å². The zero-order chi connectivity index (χ0) is 11.3. The molecule has 4 heteroatoms. The molecular formula is C11H19N3O. The van der Waals surface area contributed by atoms with Crippen molar-refractivity contribution in [1.82, 2.24) is 9.88 Å². The molecule has 0 radical (unpaired) electrons. The Bertz CT molecular complexity index is 276. The van der Waals surface area contributed by atoms with Gasteiger partial charge in [0.1, 0.15) is 6.10 Å². The van der Waals surface area contributed by atoms with Crippen molar-refractivity contribution in [2.24, 2.45) is 5.73 Å². The average molecular weight is 209 g/mol. The number of hydrogen-bond donors (Lipinski definition) is 2. The van der Waals surface area contributed by atoms with Crippen LogP contribution in [0.4, 0.5) is 0 Å². The van der Waals surface area contributed by atoms with Crippen molar-refractivity contribution in [3.8, 4) is 0 Å². The second-order valence-electron chi connectivity index (χ2n) is 3.96. The van der Waals surface area contributed by atoms with E-state index >= 15 is 0 Å². The molecule has 0 saturated carbocycles. The number of aliphatic hydroxyl groups excluding tert-OH is 1. The Balaban J connectivity index is 2.49. The summed E-state index contributed by atoms with van der Waals surface area (Å²) in [5.74, 6) is 0. The smallest absolute Gasteiger partial charge is 0.111 e.